The molecule has 1 aromatic carbocycles. The minimum Gasteiger partial charge on any atom is -0.377 e. The van der Waals surface area contributed by atoms with Crippen molar-refractivity contribution in [1.29, 1.82) is 0 Å². The maximum atomic E-state index is 12.1. The van der Waals surface area contributed by atoms with Crippen molar-refractivity contribution in [1.82, 2.24) is 5.32 Å². The number of rotatable bonds is 2. The Kier molecular flexibility index (Phi) is 3.20. The van der Waals surface area contributed by atoms with Crippen LogP contribution < -0.4 is 5.32 Å². The van der Waals surface area contributed by atoms with Crippen molar-refractivity contribution in [2.75, 3.05) is 13.2 Å². The summed E-state index contributed by atoms with van der Waals surface area (Å²) in [6.07, 6.45) is 0. The first-order chi connectivity index (χ1) is 7.98. The molecule has 0 aliphatic carbocycles. The lowest BCUT2D eigenvalue weighted by Gasteiger charge is -2.28. The second-order valence-corrected chi connectivity index (χ2v) is 5.50. The van der Waals surface area contributed by atoms with Gasteiger partial charge in [0.1, 0.15) is 0 Å². The van der Waals surface area contributed by atoms with Crippen LogP contribution in [0.2, 0.25) is 0 Å². The van der Waals surface area contributed by atoms with E-state index in [0.717, 1.165) is 11.1 Å². The lowest BCUT2D eigenvalue weighted by molar-refractivity contribution is -0.00349. The summed E-state index contributed by atoms with van der Waals surface area (Å²) in [5.74, 6) is 0.00354. The van der Waals surface area contributed by atoms with Gasteiger partial charge in [0.15, 0.2) is 0 Å². The number of carbonyl (C=O) groups is 1. The van der Waals surface area contributed by atoms with E-state index >= 15 is 0 Å². The average molecular weight is 233 g/mol. The summed E-state index contributed by atoms with van der Waals surface area (Å²) in [6, 6.07) is 7.96. The van der Waals surface area contributed by atoms with Gasteiger partial charge < -0.3 is 10.1 Å². The van der Waals surface area contributed by atoms with Crippen LogP contribution in [-0.2, 0) is 10.2 Å². The molecule has 1 saturated heterocycles. The third kappa shape index (κ3) is 2.67. The summed E-state index contributed by atoms with van der Waals surface area (Å²) in [5, 5.41) is 2.98. The van der Waals surface area contributed by atoms with Gasteiger partial charge in [-0.3, -0.25) is 4.79 Å². The molecule has 3 nitrogen and oxygen atoms in total. The molecule has 0 radical (unpaired) electrons. The smallest absolute Gasteiger partial charge is 0.251 e. The van der Waals surface area contributed by atoms with E-state index in [9.17, 15) is 4.79 Å². The summed E-state index contributed by atoms with van der Waals surface area (Å²) in [6.45, 7) is 7.61. The zero-order valence-electron chi connectivity index (χ0n) is 10.6. The molecule has 0 saturated carbocycles. The highest BCUT2D eigenvalue weighted by Crippen LogP contribution is 2.25. The van der Waals surface area contributed by atoms with E-state index in [4.69, 9.17) is 4.74 Å². The maximum Gasteiger partial charge on any atom is 0.251 e. The maximum absolute atomic E-state index is 12.1. The molecule has 0 atom stereocenters. The number of carbonyl (C=O) groups excluding carboxylic acids is 1. The second kappa shape index (κ2) is 4.49. The number of amides is 1. The second-order valence-electron chi connectivity index (χ2n) is 5.50. The van der Waals surface area contributed by atoms with Gasteiger partial charge in [-0.25, -0.2) is 0 Å². The Morgan fingerprint density at radius 3 is 2.47 bits per heavy atom. The van der Waals surface area contributed by atoms with Crippen LogP contribution in [0.25, 0.3) is 0 Å². The van der Waals surface area contributed by atoms with Crippen molar-refractivity contribution in [2.45, 2.75) is 32.2 Å². The van der Waals surface area contributed by atoms with Gasteiger partial charge in [-0.15, -0.1) is 0 Å². The molecule has 0 bridgehead atoms. The molecule has 2 rings (SSSR count). The monoisotopic (exact) mass is 233 g/mol. The number of ether oxygens (including phenoxy) is 1. The van der Waals surface area contributed by atoms with Gasteiger partial charge in [0.25, 0.3) is 5.91 Å². The van der Waals surface area contributed by atoms with Gasteiger partial charge in [-0.2, -0.15) is 0 Å². The summed E-state index contributed by atoms with van der Waals surface area (Å²) in [7, 11) is 0. The fourth-order valence-electron chi connectivity index (χ4n) is 1.92. The largest absolute Gasteiger partial charge is 0.377 e. The Bertz CT molecular complexity index is 416. The molecular formula is C14H19NO2. The van der Waals surface area contributed by atoms with E-state index < -0.39 is 0 Å². The van der Waals surface area contributed by atoms with Gasteiger partial charge >= 0.3 is 0 Å². The Balaban J connectivity index is 2.21. The molecule has 1 aliphatic heterocycles. The summed E-state index contributed by atoms with van der Waals surface area (Å²) < 4.78 is 5.05. The van der Waals surface area contributed by atoms with Gasteiger partial charge in [0.2, 0.25) is 0 Å². The molecular weight excluding hydrogens is 214 g/mol. The van der Waals surface area contributed by atoms with Crippen molar-refractivity contribution in [3.8, 4) is 0 Å². The van der Waals surface area contributed by atoms with Crippen LogP contribution >= 0.6 is 0 Å². The molecule has 1 N–H and O–H groups in total. The average Bonchev–Trinajstić information content (AvgIpc) is 2.22. The Labute approximate surface area is 102 Å². The highest BCUT2D eigenvalue weighted by atomic mass is 16.5. The summed E-state index contributed by atoms with van der Waals surface area (Å²) >= 11 is 0. The van der Waals surface area contributed by atoms with Crippen LogP contribution in [0, 0.1) is 0 Å². The number of hydrogen-bond acceptors (Lipinski definition) is 2. The van der Waals surface area contributed by atoms with E-state index in [1.807, 2.05) is 24.3 Å². The first-order valence-corrected chi connectivity index (χ1v) is 5.96. The molecule has 1 amide bonds. The SMILES string of the molecule is CC(C)(C)c1ccccc1C(=O)NC1COC1. The van der Waals surface area contributed by atoms with Crippen molar-refractivity contribution < 1.29 is 9.53 Å². The van der Waals surface area contributed by atoms with Gasteiger partial charge in [-0.05, 0) is 17.0 Å². The Hall–Kier alpha value is -1.35. The molecule has 0 aromatic heterocycles. The van der Waals surface area contributed by atoms with Gasteiger partial charge in [0.05, 0.1) is 19.3 Å². The van der Waals surface area contributed by atoms with Crippen LogP contribution in [0.5, 0.6) is 0 Å². The number of hydrogen-bond donors (Lipinski definition) is 1. The lowest BCUT2D eigenvalue weighted by Crippen LogP contribution is -2.48. The minimum atomic E-state index is -0.0238. The number of nitrogens with one attached hydrogen (secondary N) is 1. The van der Waals surface area contributed by atoms with Gasteiger partial charge in [0, 0.05) is 5.56 Å². The van der Waals surface area contributed by atoms with E-state index in [0.29, 0.717) is 13.2 Å². The topological polar surface area (TPSA) is 38.3 Å². The normalized spacial score (nSPS) is 16.4. The van der Waals surface area contributed by atoms with Gasteiger partial charge in [-0.1, -0.05) is 39.0 Å². The molecule has 3 heteroatoms. The van der Waals surface area contributed by atoms with Crippen molar-refractivity contribution in [2.24, 2.45) is 0 Å². The van der Waals surface area contributed by atoms with E-state index in [1.165, 1.54) is 0 Å². The van der Waals surface area contributed by atoms with Crippen molar-refractivity contribution in [3.05, 3.63) is 35.4 Å². The third-order valence-corrected chi connectivity index (χ3v) is 2.95. The highest BCUT2D eigenvalue weighted by molar-refractivity contribution is 5.96. The first kappa shape index (κ1) is 12.1. The van der Waals surface area contributed by atoms with E-state index in [2.05, 4.69) is 26.1 Å². The molecule has 1 heterocycles. The van der Waals surface area contributed by atoms with Crippen LogP contribution in [-0.4, -0.2) is 25.2 Å². The van der Waals surface area contributed by atoms with Crippen LogP contribution in [0.1, 0.15) is 36.7 Å². The lowest BCUT2D eigenvalue weighted by atomic mass is 9.83. The quantitative estimate of drug-likeness (QED) is 0.849. The fourth-order valence-corrected chi connectivity index (χ4v) is 1.92. The van der Waals surface area contributed by atoms with Crippen molar-refractivity contribution >= 4 is 5.91 Å². The molecule has 0 spiro atoms. The fraction of sp³-hybridized carbons (Fsp3) is 0.500. The summed E-state index contributed by atoms with van der Waals surface area (Å²) in [5.41, 5.74) is 1.83. The molecule has 1 fully saturated rings. The molecule has 92 valence electrons. The summed E-state index contributed by atoms with van der Waals surface area (Å²) in [4.78, 5) is 12.1. The Morgan fingerprint density at radius 1 is 1.29 bits per heavy atom. The third-order valence-electron chi connectivity index (χ3n) is 2.95. The first-order valence-electron chi connectivity index (χ1n) is 5.96. The van der Waals surface area contributed by atoms with Crippen LogP contribution in [0.15, 0.2) is 24.3 Å². The molecule has 1 aromatic rings. The zero-order valence-corrected chi connectivity index (χ0v) is 10.6. The molecule has 17 heavy (non-hydrogen) atoms. The van der Waals surface area contributed by atoms with Crippen LogP contribution in [0.3, 0.4) is 0 Å². The molecule has 1 aliphatic rings. The standard InChI is InChI=1S/C14H19NO2/c1-14(2,3)12-7-5-4-6-11(12)13(16)15-10-8-17-9-10/h4-7,10H,8-9H2,1-3H3,(H,15,16). The number of benzene rings is 1. The predicted octanol–water partition coefficient (Wildman–Crippen LogP) is 2.11. The van der Waals surface area contributed by atoms with Crippen LogP contribution in [0.4, 0.5) is 0 Å². The highest BCUT2D eigenvalue weighted by Gasteiger charge is 2.25. The predicted molar refractivity (Wildman–Crippen MR) is 67.2 cm³/mol. The van der Waals surface area contributed by atoms with E-state index in [1.54, 1.807) is 0 Å². The Morgan fingerprint density at radius 2 is 1.94 bits per heavy atom. The minimum absolute atomic E-state index is 0.00354. The zero-order chi connectivity index (χ0) is 12.5. The van der Waals surface area contributed by atoms with Crippen molar-refractivity contribution in [3.63, 3.8) is 0 Å². The molecule has 0 unspecified atom stereocenters. The van der Waals surface area contributed by atoms with E-state index in [-0.39, 0.29) is 17.4 Å².